The lowest BCUT2D eigenvalue weighted by atomic mass is 9.78. The van der Waals surface area contributed by atoms with Crippen LogP contribution < -0.4 is 10.6 Å². The highest BCUT2D eigenvalue weighted by atomic mass is 16.6. The summed E-state index contributed by atoms with van der Waals surface area (Å²) in [6, 6.07) is 13.7. The standard InChI is InChI=1S/C19H19N3O3/c1-11-7-9-13(10-8-11)16-12(2)21-19(17(16)22(24)25)14-5-3-4-6-15(14)20-18(19)23/h3-10,12,16-17,21H,1-2H3,(H,20,23)/t12-,16-,17+,19-/m0/s1. The lowest BCUT2D eigenvalue weighted by molar-refractivity contribution is -0.532. The number of carbonyl (C=O) groups is 1. The van der Waals surface area contributed by atoms with E-state index in [2.05, 4.69) is 10.6 Å². The van der Waals surface area contributed by atoms with Crippen molar-refractivity contribution in [2.24, 2.45) is 0 Å². The molecule has 25 heavy (non-hydrogen) atoms. The molecule has 0 saturated carbocycles. The maximum Gasteiger partial charge on any atom is 0.256 e. The molecular formula is C19H19N3O3. The third kappa shape index (κ3) is 2.10. The molecule has 2 heterocycles. The Bertz CT molecular complexity index is 864. The SMILES string of the molecule is Cc1ccc([C@@H]2[C@H](C)N[C@]3(C(=O)Nc4ccccc43)[C@@H]2[N+](=O)[O-])cc1. The van der Waals surface area contributed by atoms with Crippen LogP contribution in [0.5, 0.6) is 0 Å². The molecule has 0 radical (unpaired) electrons. The first-order valence-electron chi connectivity index (χ1n) is 8.34. The van der Waals surface area contributed by atoms with Gasteiger partial charge in [0.15, 0.2) is 5.54 Å². The summed E-state index contributed by atoms with van der Waals surface area (Å²) in [5, 5.41) is 18.2. The number of nitrogens with one attached hydrogen (secondary N) is 2. The average Bonchev–Trinajstić information content (AvgIpc) is 3.04. The summed E-state index contributed by atoms with van der Waals surface area (Å²) < 4.78 is 0. The predicted molar refractivity (Wildman–Crippen MR) is 94.0 cm³/mol. The first-order chi connectivity index (χ1) is 11.9. The van der Waals surface area contributed by atoms with Crippen molar-refractivity contribution in [1.82, 2.24) is 5.32 Å². The smallest absolute Gasteiger partial charge is 0.256 e. The zero-order chi connectivity index (χ0) is 17.8. The molecule has 128 valence electrons. The Hall–Kier alpha value is -2.73. The summed E-state index contributed by atoms with van der Waals surface area (Å²) in [5.74, 6) is -0.746. The fourth-order valence-corrected chi connectivity index (χ4v) is 4.34. The van der Waals surface area contributed by atoms with Gasteiger partial charge in [-0.05, 0) is 25.5 Å². The van der Waals surface area contributed by atoms with Gasteiger partial charge in [0.25, 0.3) is 11.9 Å². The van der Waals surface area contributed by atoms with Crippen LogP contribution in [-0.2, 0) is 10.3 Å². The second kappa shape index (κ2) is 5.39. The molecule has 0 aromatic heterocycles. The van der Waals surface area contributed by atoms with E-state index in [1.165, 1.54) is 0 Å². The number of hydrogen-bond donors (Lipinski definition) is 2. The summed E-state index contributed by atoms with van der Waals surface area (Å²) in [4.78, 5) is 24.7. The number of nitro groups is 1. The van der Waals surface area contributed by atoms with Crippen molar-refractivity contribution in [3.05, 3.63) is 75.3 Å². The van der Waals surface area contributed by atoms with E-state index < -0.39 is 17.5 Å². The molecule has 1 fully saturated rings. The maximum absolute atomic E-state index is 12.9. The second-order valence-electron chi connectivity index (χ2n) is 6.91. The van der Waals surface area contributed by atoms with Gasteiger partial charge in [-0.3, -0.25) is 20.2 Å². The number of amides is 1. The lowest BCUT2D eigenvalue weighted by Crippen LogP contribution is -2.54. The van der Waals surface area contributed by atoms with Crippen LogP contribution in [0.1, 0.15) is 29.5 Å². The zero-order valence-corrected chi connectivity index (χ0v) is 14.0. The fraction of sp³-hybridized carbons (Fsp3) is 0.316. The van der Waals surface area contributed by atoms with Crippen LogP contribution in [-0.4, -0.2) is 22.9 Å². The van der Waals surface area contributed by atoms with Crippen LogP contribution in [0.4, 0.5) is 5.69 Å². The Labute approximate surface area is 145 Å². The van der Waals surface area contributed by atoms with E-state index in [1.807, 2.05) is 50.2 Å². The zero-order valence-electron chi connectivity index (χ0n) is 14.0. The molecule has 2 aromatic carbocycles. The quantitative estimate of drug-likeness (QED) is 0.651. The minimum Gasteiger partial charge on any atom is -0.324 e. The summed E-state index contributed by atoms with van der Waals surface area (Å²) in [7, 11) is 0. The van der Waals surface area contributed by atoms with E-state index in [4.69, 9.17) is 0 Å². The fourth-order valence-electron chi connectivity index (χ4n) is 4.34. The maximum atomic E-state index is 12.9. The topological polar surface area (TPSA) is 84.3 Å². The van der Waals surface area contributed by atoms with E-state index >= 15 is 0 Å². The van der Waals surface area contributed by atoms with Crippen molar-refractivity contribution in [2.75, 3.05) is 5.32 Å². The second-order valence-corrected chi connectivity index (χ2v) is 6.91. The molecule has 1 saturated heterocycles. The number of fused-ring (bicyclic) bond motifs is 2. The molecule has 6 heteroatoms. The Kier molecular flexibility index (Phi) is 3.40. The number of nitrogens with zero attached hydrogens (tertiary/aromatic N) is 1. The first kappa shape index (κ1) is 15.8. The Morgan fingerprint density at radius 1 is 1.12 bits per heavy atom. The normalized spacial score (nSPS) is 30.3. The highest BCUT2D eigenvalue weighted by Crippen LogP contribution is 2.49. The Balaban J connectivity index is 1.89. The molecule has 4 rings (SSSR count). The van der Waals surface area contributed by atoms with Crippen molar-refractivity contribution < 1.29 is 9.72 Å². The van der Waals surface area contributed by atoms with Gasteiger partial charge in [0.1, 0.15) is 0 Å². The molecule has 1 amide bonds. The van der Waals surface area contributed by atoms with Crippen molar-refractivity contribution in [3.63, 3.8) is 0 Å². The van der Waals surface area contributed by atoms with Gasteiger partial charge in [0, 0.05) is 22.2 Å². The molecule has 0 unspecified atom stereocenters. The number of anilines is 1. The predicted octanol–water partition coefficient (Wildman–Crippen LogP) is 2.56. The van der Waals surface area contributed by atoms with Crippen LogP contribution in [0.2, 0.25) is 0 Å². The third-order valence-corrected chi connectivity index (χ3v) is 5.43. The van der Waals surface area contributed by atoms with Crippen LogP contribution in [0.3, 0.4) is 0 Å². The number of aryl methyl sites for hydroxylation is 1. The minimum atomic E-state index is -1.34. The van der Waals surface area contributed by atoms with Gasteiger partial charge in [-0.15, -0.1) is 0 Å². The van der Waals surface area contributed by atoms with Gasteiger partial charge in [0.05, 0.1) is 5.92 Å². The van der Waals surface area contributed by atoms with Crippen molar-refractivity contribution in [2.45, 2.75) is 37.4 Å². The van der Waals surface area contributed by atoms with Crippen molar-refractivity contribution in [1.29, 1.82) is 0 Å². The Morgan fingerprint density at radius 3 is 2.48 bits per heavy atom. The number of rotatable bonds is 2. The molecule has 2 aromatic rings. The van der Waals surface area contributed by atoms with Crippen LogP contribution in [0, 0.1) is 17.0 Å². The van der Waals surface area contributed by atoms with Crippen LogP contribution >= 0.6 is 0 Å². The number of benzene rings is 2. The first-order valence-corrected chi connectivity index (χ1v) is 8.34. The molecule has 2 aliphatic rings. The van der Waals surface area contributed by atoms with Gasteiger partial charge in [-0.2, -0.15) is 0 Å². The van der Waals surface area contributed by atoms with Crippen LogP contribution in [0.15, 0.2) is 48.5 Å². The molecule has 1 spiro atoms. The third-order valence-electron chi connectivity index (χ3n) is 5.43. The summed E-state index contributed by atoms with van der Waals surface area (Å²) in [5.41, 5.74) is 1.93. The van der Waals surface area contributed by atoms with E-state index in [0.29, 0.717) is 11.3 Å². The minimum absolute atomic E-state index is 0.213. The van der Waals surface area contributed by atoms with E-state index in [-0.39, 0.29) is 16.9 Å². The molecule has 6 nitrogen and oxygen atoms in total. The van der Waals surface area contributed by atoms with Gasteiger partial charge in [-0.25, -0.2) is 0 Å². The highest BCUT2D eigenvalue weighted by molar-refractivity contribution is 6.07. The van der Waals surface area contributed by atoms with Crippen LogP contribution in [0.25, 0.3) is 0 Å². The van der Waals surface area contributed by atoms with Gasteiger partial charge in [0.2, 0.25) is 0 Å². The summed E-state index contributed by atoms with van der Waals surface area (Å²) in [6.45, 7) is 3.89. The molecule has 4 atom stereocenters. The Morgan fingerprint density at radius 2 is 1.80 bits per heavy atom. The monoisotopic (exact) mass is 337 g/mol. The number of hydrogen-bond acceptors (Lipinski definition) is 4. The lowest BCUT2D eigenvalue weighted by Gasteiger charge is -2.25. The van der Waals surface area contributed by atoms with Crippen molar-refractivity contribution in [3.8, 4) is 0 Å². The van der Waals surface area contributed by atoms with E-state index in [1.54, 1.807) is 12.1 Å². The summed E-state index contributed by atoms with van der Waals surface area (Å²) in [6.07, 6.45) is 0. The average molecular weight is 337 g/mol. The van der Waals surface area contributed by atoms with E-state index in [0.717, 1.165) is 11.1 Å². The largest absolute Gasteiger partial charge is 0.324 e. The highest BCUT2D eigenvalue weighted by Gasteiger charge is 2.67. The molecule has 0 aliphatic carbocycles. The van der Waals surface area contributed by atoms with Crippen molar-refractivity contribution >= 4 is 11.6 Å². The van der Waals surface area contributed by atoms with Gasteiger partial charge in [-0.1, -0.05) is 48.0 Å². The van der Waals surface area contributed by atoms with Gasteiger partial charge >= 0.3 is 0 Å². The van der Waals surface area contributed by atoms with Gasteiger partial charge < -0.3 is 5.32 Å². The molecule has 0 bridgehead atoms. The molecule has 2 aliphatic heterocycles. The summed E-state index contributed by atoms with van der Waals surface area (Å²) >= 11 is 0. The number of para-hydroxylation sites is 1. The van der Waals surface area contributed by atoms with E-state index in [9.17, 15) is 14.9 Å². The molecule has 2 N–H and O–H groups in total. The number of carbonyl (C=O) groups excluding carboxylic acids is 1. The molecular weight excluding hydrogens is 318 g/mol.